The zero-order chi connectivity index (χ0) is 10.7. The molecule has 1 fully saturated rings. The van der Waals surface area contributed by atoms with Crippen molar-refractivity contribution in [2.45, 2.75) is 38.5 Å². The summed E-state index contributed by atoms with van der Waals surface area (Å²) in [5, 5.41) is 10.3. The number of hydroxylamine groups is 2. The number of ether oxygens (including phenoxy) is 1. The Bertz CT molecular complexity index is 207. The van der Waals surface area contributed by atoms with Crippen LogP contribution in [0, 0.1) is 0 Å². The zero-order valence-electron chi connectivity index (χ0n) is 8.77. The molecule has 0 aliphatic carbocycles. The van der Waals surface area contributed by atoms with Crippen LogP contribution >= 0.6 is 0 Å². The Morgan fingerprint density at radius 3 is 2.79 bits per heavy atom. The lowest BCUT2D eigenvalue weighted by Crippen LogP contribution is -2.34. The fraction of sp³-hybridized carbons (Fsp3) is 0.889. The van der Waals surface area contributed by atoms with Crippen molar-refractivity contribution in [3.8, 4) is 0 Å². The van der Waals surface area contributed by atoms with Crippen LogP contribution in [0.1, 0.15) is 20.3 Å². The van der Waals surface area contributed by atoms with Gasteiger partial charge in [0.2, 0.25) is 0 Å². The number of hydrogen-bond donors (Lipinski definition) is 1. The summed E-state index contributed by atoms with van der Waals surface area (Å²) in [4.78, 5) is 16.7. The van der Waals surface area contributed by atoms with Crippen LogP contribution in [0.25, 0.3) is 0 Å². The average molecular weight is 203 g/mol. The highest BCUT2D eigenvalue weighted by atomic mass is 16.7. The quantitative estimate of drug-likeness (QED) is 0.651. The lowest BCUT2D eigenvalue weighted by molar-refractivity contribution is -0.177. The molecule has 82 valence electrons. The van der Waals surface area contributed by atoms with E-state index < -0.39 is 6.04 Å². The number of nitrogens with zero attached hydrogens (tertiary/aromatic N) is 1. The third-order valence-corrected chi connectivity index (χ3v) is 2.07. The van der Waals surface area contributed by atoms with E-state index in [9.17, 15) is 4.79 Å². The fourth-order valence-electron chi connectivity index (χ4n) is 1.41. The number of carbonyl (C=O) groups is 1. The van der Waals surface area contributed by atoms with Gasteiger partial charge in [0.25, 0.3) is 0 Å². The molecule has 5 heteroatoms. The number of aliphatic hydroxyl groups excluding tert-OH is 1. The van der Waals surface area contributed by atoms with Crippen molar-refractivity contribution in [1.29, 1.82) is 0 Å². The first-order valence-corrected chi connectivity index (χ1v) is 4.75. The van der Waals surface area contributed by atoms with Gasteiger partial charge in [0.05, 0.1) is 12.7 Å². The topological polar surface area (TPSA) is 59.0 Å². The smallest absolute Gasteiger partial charge is 0.326 e. The Labute approximate surface area is 83.5 Å². The van der Waals surface area contributed by atoms with Crippen LogP contribution in [0.5, 0.6) is 0 Å². The van der Waals surface area contributed by atoms with Crippen LogP contribution in [0.3, 0.4) is 0 Å². The van der Waals surface area contributed by atoms with E-state index in [1.165, 1.54) is 5.06 Å². The molecule has 5 nitrogen and oxygen atoms in total. The second-order valence-electron chi connectivity index (χ2n) is 3.69. The predicted octanol–water partition coefficient (Wildman–Crippen LogP) is -0.0654. The van der Waals surface area contributed by atoms with E-state index in [-0.39, 0.29) is 24.8 Å². The molecule has 0 bridgehead atoms. The Hall–Kier alpha value is -0.650. The molecule has 1 aliphatic rings. The minimum absolute atomic E-state index is 0.0736. The van der Waals surface area contributed by atoms with Gasteiger partial charge >= 0.3 is 5.97 Å². The molecule has 0 aromatic rings. The van der Waals surface area contributed by atoms with Crippen molar-refractivity contribution in [3.63, 3.8) is 0 Å². The molecule has 0 amide bonds. The summed E-state index contributed by atoms with van der Waals surface area (Å²) in [5.74, 6) is -0.293. The van der Waals surface area contributed by atoms with E-state index in [0.29, 0.717) is 6.42 Å². The van der Waals surface area contributed by atoms with E-state index in [0.717, 1.165) is 0 Å². The lowest BCUT2D eigenvalue weighted by Gasteiger charge is -2.17. The molecular formula is C9H17NO4. The van der Waals surface area contributed by atoms with E-state index >= 15 is 0 Å². The maximum absolute atomic E-state index is 11.5. The average Bonchev–Trinajstić information content (AvgIpc) is 2.45. The van der Waals surface area contributed by atoms with Gasteiger partial charge in [-0.2, -0.15) is 5.06 Å². The number of esters is 1. The van der Waals surface area contributed by atoms with Gasteiger partial charge in [0.1, 0.15) is 12.1 Å². The summed E-state index contributed by atoms with van der Waals surface area (Å²) in [5.41, 5.74) is 0. The first-order valence-electron chi connectivity index (χ1n) is 4.75. The van der Waals surface area contributed by atoms with Crippen LogP contribution in [0.4, 0.5) is 0 Å². The molecule has 1 N–H and O–H groups in total. The zero-order valence-corrected chi connectivity index (χ0v) is 8.77. The van der Waals surface area contributed by atoms with Gasteiger partial charge in [0.15, 0.2) is 0 Å². The van der Waals surface area contributed by atoms with Crippen LogP contribution in [-0.4, -0.2) is 48.0 Å². The molecule has 0 aromatic carbocycles. The Kier molecular flexibility index (Phi) is 3.86. The van der Waals surface area contributed by atoms with Gasteiger partial charge in [-0.1, -0.05) is 0 Å². The summed E-state index contributed by atoms with van der Waals surface area (Å²) in [6.07, 6.45) is 0.0761. The van der Waals surface area contributed by atoms with Crippen molar-refractivity contribution in [1.82, 2.24) is 5.06 Å². The van der Waals surface area contributed by atoms with E-state index in [4.69, 9.17) is 14.7 Å². The highest BCUT2D eigenvalue weighted by Gasteiger charge is 2.36. The van der Waals surface area contributed by atoms with Crippen LogP contribution < -0.4 is 0 Å². The van der Waals surface area contributed by atoms with Gasteiger partial charge in [-0.15, -0.1) is 0 Å². The van der Waals surface area contributed by atoms with Crippen molar-refractivity contribution in [2.24, 2.45) is 0 Å². The Morgan fingerprint density at radius 2 is 2.36 bits per heavy atom. The van der Waals surface area contributed by atoms with Crippen LogP contribution in [0.15, 0.2) is 0 Å². The SMILES string of the molecule is CC(C)OC(=O)[C@@H]1C[C@H](CO)ON1C. The molecule has 0 spiro atoms. The standard InChI is InChI=1S/C9H17NO4/c1-6(2)13-9(12)8-4-7(5-11)14-10(8)3/h6-8,11H,4-5H2,1-3H3/t7-,8+/m1/s1. The number of hydrogen-bond acceptors (Lipinski definition) is 5. The number of rotatable bonds is 3. The molecule has 0 saturated carbocycles. The summed E-state index contributed by atoms with van der Waals surface area (Å²) in [6.45, 7) is 3.53. The summed E-state index contributed by atoms with van der Waals surface area (Å²) in [6, 6.07) is -0.394. The third kappa shape index (κ3) is 2.67. The maximum Gasteiger partial charge on any atom is 0.326 e. The maximum atomic E-state index is 11.5. The van der Waals surface area contributed by atoms with Crippen LogP contribution in [0.2, 0.25) is 0 Å². The Balaban J connectivity index is 2.48. The minimum atomic E-state index is -0.394. The van der Waals surface area contributed by atoms with E-state index in [1.807, 2.05) is 0 Å². The summed E-state index contributed by atoms with van der Waals surface area (Å²) >= 11 is 0. The highest BCUT2D eigenvalue weighted by molar-refractivity contribution is 5.76. The van der Waals surface area contributed by atoms with Crippen molar-refractivity contribution in [3.05, 3.63) is 0 Å². The molecule has 1 saturated heterocycles. The first kappa shape index (κ1) is 11.4. The normalized spacial score (nSPS) is 28.4. The highest BCUT2D eigenvalue weighted by Crippen LogP contribution is 2.20. The second kappa shape index (κ2) is 4.72. The monoisotopic (exact) mass is 203 g/mol. The minimum Gasteiger partial charge on any atom is -0.462 e. The molecule has 1 rings (SSSR count). The van der Waals surface area contributed by atoms with Gasteiger partial charge in [-0.3, -0.25) is 9.63 Å². The van der Waals surface area contributed by atoms with Gasteiger partial charge in [-0.05, 0) is 13.8 Å². The predicted molar refractivity (Wildman–Crippen MR) is 49.4 cm³/mol. The van der Waals surface area contributed by atoms with Crippen molar-refractivity contribution in [2.75, 3.05) is 13.7 Å². The number of aliphatic hydroxyl groups is 1. The first-order chi connectivity index (χ1) is 6.54. The number of likely N-dealkylation sites (N-methyl/N-ethyl adjacent to an activating group) is 1. The number of carbonyl (C=O) groups excluding carboxylic acids is 1. The molecule has 1 heterocycles. The molecule has 14 heavy (non-hydrogen) atoms. The molecule has 1 aliphatic heterocycles. The molecule has 0 unspecified atom stereocenters. The van der Waals surface area contributed by atoms with Crippen molar-refractivity contribution < 1.29 is 19.5 Å². The van der Waals surface area contributed by atoms with Gasteiger partial charge < -0.3 is 9.84 Å². The van der Waals surface area contributed by atoms with E-state index in [2.05, 4.69) is 0 Å². The largest absolute Gasteiger partial charge is 0.462 e. The van der Waals surface area contributed by atoms with Crippen molar-refractivity contribution >= 4 is 5.97 Å². The third-order valence-electron chi connectivity index (χ3n) is 2.07. The molecule has 2 atom stereocenters. The Morgan fingerprint density at radius 1 is 1.71 bits per heavy atom. The van der Waals surface area contributed by atoms with Gasteiger partial charge in [-0.25, -0.2) is 0 Å². The lowest BCUT2D eigenvalue weighted by atomic mass is 10.1. The molecular weight excluding hydrogens is 186 g/mol. The summed E-state index contributed by atoms with van der Waals surface area (Å²) < 4.78 is 5.06. The molecule has 0 aromatic heterocycles. The molecule has 0 radical (unpaired) electrons. The second-order valence-corrected chi connectivity index (χ2v) is 3.69. The van der Waals surface area contributed by atoms with Gasteiger partial charge in [0, 0.05) is 13.5 Å². The fourth-order valence-corrected chi connectivity index (χ4v) is 1.41. The van der Waals surface area contributed by atoms with Crippen LogP contribution in [-0.2, 0) is 14.4 Å². The van der Waals surface area contributed by atoms with E-state index in [1.54, 1.807) is 20.9 Å². The summed E-state index contributed by atoms with van der Waals surface area (Å²) in [7, 11) is 1.67.